The van der Waals surface area contributed by atoms with Crippen molar-refractivity contribution in [2.75, 3.05) is 6.61 Å². The van der Waals surface area contributed by atoms with Gasteiger partial charge in [0, 0.05) is 0 Å². The lowest BCUT2D eigenvalue weighted by molar-refractivity contribution is -0.130. The second kappa shape index (κ2) is 5.77. The molecule has 0 unspecified atom stereocenters. The van der Waals surface area contributed by atoms with Crippen LogP contribution in [0.3, 0.4) is 0 Å². The molecule has 0 spiro atoms. The number of aliphatic hydroxyl groups is 1. The Hall–Kier alpha value is -1.88. The van der Waals surface area contributed by atoms with Crippen molar-refractivity contribution in [1.82, 2.24) is 10.9 Å². The van der Waals surface area contributed by atoms with Crippen LogP contribution in [0.5, 0.6) is 0 Å². The quantitative estimate of drug-likeness (QED) is 0.579. The lowest BCUT2D eigenvalue weighted by atomic mass is 10.1. The monoisotopic (exact) mass is 208 g/mol. The van der Waals surface area contributed by atoms with E-state index in [4.69, 9.17) is 5.11 Å². The van der Waals surface area contributed by atoms with E-state index < -0.39 is 12.5 Å². The van der Waals surface area contributed by atoms with Crippen LogP contribution in [0, 0.1) is 0 Å². The average Bonchev–Trinajstić information content (AvgIpc) is 2.27. The van der Waals surface area contributed by atoms with Crippen molar-refractivity contribution in [2.24, 2.45) is 0 Å². The third-order valence-corrected chi connectivity index (χ3v) is 1.69. The number of hydrogen-bond acceptors (Lipinski definition) is 3. The van der Waals surface area contributed by atoms with Crippen molar-refractivity contribution in [2.45, 2.75) is 6.42 Å². The molecule has 0 saturated heterocycles. The van der Waals surface area contributed by atoms with Gasteiger partial charge in [0.1, 0.15) is 6.61 Å². The number of hydrazine groups is 1. The molecule has 1 rings (SSSR count). The van der Waals surface area contributed by atoms with E-state index >= 15 is 0 Å². The highest BCUT2D eigenvalue weighted by atomic mass is 16.3. The predicted octanol–water partition coefficient (Wildman–Crippen LogP) is -0.631. The third-order valence-electron chi connectivity index (χ3n) is 1.69. The highest BCUT2D eigenvalue weighted by molar-refractivity contribution is 5.83. The zero-order chi connectivity index (χ0) is 11.1. The van der Waals surface area contributed by atoms with Crippen molar-refractivity contribution in [3.63, 3.8) is 0 Å². The number of carbonyl (C=O) groups excluding carboxylic acids is 2. The molecule has 1 aromatic carbocycles. The van der Waals surface area contributed by atoms with Crippen LogP contribution >= 0.6 is 0 Å². The number of benzene rings is 1. The minimum absolute atomic E-state index is 0.187. The zero-order valence-electron chi connectivity index (χ0n) is 8.06. The van der Waals surface area contributed by atoms with Gasteiger partial charge in [-0.15, -0.1) is 0 Å². The summed E-state index contributed by atoms with van der Waals surface area (Å²) in [7, 11) is 0. The highest BCUT2D eigenvalue weighted by Gasteiger charge is 2.03. The summed E-state index contributed by atoms with van der Waals surface area (Å²) in [6.45, 7) is -0.647. The summed E-state index contributed by atoms with van der Waals surface area (Å²) in [6, 6.07) is 9.14. The number of aliphatic hydroxyl groups excluding tert-OH is 1. The van der Waals surface area contributed by atoms with Gasteiger partial charge in [0.15, 0.2) is 0 Å². The van der Waals surface area contributed by atoms with Crippen LogP contribution in [0.4, 0.5) is 0 Å². The lowest BCUT2D eigenvalue weighted by Gasteiger charge is -2.05. The summed E-state index contributed by atoms with van der Waals surface area (Å²) in [5.41, 5.74) is 5.10. The molecule has 80 valence electrons. The molecule has 3 N–H and O–H groups in total. The topological polar surface area (TPSA) is 78.4 Å². The maximum Gasteiger partial charge on any atom is 0.264 e. The molecular formula is C10H12N2O3. The van der Waals surface area contributed by atoms with Gasteiger partial charge in [0.05, 0.1) is 6.42 Å². The molecule has 1 aromatic rings. The van der Waals surface area contributed by atoms with Crippen LogP contribution < -0.4 is 10.9 Å². The first-order valence-electron chi connectivity index (χ1n) is 4.45. The Kier molecular flexibility index (Phi) is 4.30. The average molecular weight is 208 g/mol. The molecule has 5 heteroatoms. The smallest absolute Gasteiger partial charge is 0.264 e. The minimum Gasteiger partial charge on any atom is -0.386 e. The van der Waals surface area contributed by atoms with Crippen molar-refractivity contribution in [1.29, 1.82) is 0 Å². The van der Waals surface area contributed by atoms with Crippen molar-refractivity contribution < 1.29 is 14.7 Å². The molecule has 0 heterocycles. The van der Waals surface area contributed by atoms with Gasteiger partial charge in [0.2, 0.25) is 5.91 Å². The Morgan fingerprint density at radius 1 is 1.07 bits per heavy atom. The number of amides is 2. The Morgan fingerprint density at radius 3 is 2.27 bits per heavy atom. The van der Waals surface area contributed by atoms with Crippen LogP contribution in [0.2, 0.25) is 0 Å². The summed E-state index contributed by atoms with van der Waals surface area (Å²) in [5.74, 6) is -0.973. The maximum atomic E-state index is 11.2. The lowest BCUT2D eigenvalue weighted by Crippen LogP contribution is -2.43. The van der Waals surface area contributed by atoms with Gasteiger partial charge in [-0.25, -0.2) is 0 Å². The van der Waals surface area contributed by atoms with Crippen LogP contribution in [-0.2, 0) is 16.0 Å². The van der Waals surface area contributed by atoms with Crippen molar-refractivity contribution >= 4 is 11.8 Å². The molecule has 0 fully saturated rings. The fourth-order valence-corrected chi connectivity index (χ4v) is 1.00. The molecular weight excluding hydrogens is 196 g/mol. The molecule has 2 amide bonds. The summed E-state index contributed by atoms with van der Waals surface area (Å²) >= 11 is 0. The molecule has 0 aliphatic heterocycles. The van der Waals surface area contributed by atoms with Crippen LogP contribution in [0.25, 0.3) is 0 Å². The predicted molar refractivity (Wildman–Crippen MR) is 53.5 cm³/mol. The van der Waals surface area contributed by atoms with E-state index in [0.717, 1.165) is 5.56 Å². The number of rotatable bonds is 3. The van der Waals surface area contributed by atoms with Gasteiger partial charge in [-0.3, -0.25) is 20.4 Å². The van der Waals surface area contributed by atoms with E-state index in [1.807, 2.05) is 30.3 Å². The molecule has 0 aliphatic rings. The van der Waals surface area contributed by atoms with Crippen LogP contribution in [0.1, 0.15) is 5.56 Å². The Morgan fingerprint density at radius 2 is 1.67 bits per heavy atom. The highest BCUT2D eigenvalue weighted by Crippen LogP contribution is 1.98. The fourth-order valence-electron chi connectivity index (χ4n) is 1.00. The maximum absolute atomic E-state index is 11.2. The molecule has 15 heavy (non-hydrogen) atoms. The first kappa shape index (κ1) is 11.2. The van der Waals surface area contributed by atoms with E-state index in [-0.39, 0.29) is 12.3 Å². The zero-order valence-corrected chi connectivity index (χ0v) is 8.06. The van der Waals surface area contributed by atoms with E-state index in [0.29, 0.717) is 0 Å². The summed E-state index contributed by atoms with van der Waals surface area (Å²) < 4.78 is 0. The third kappa shape index (κ3) is 4.24. The molecule has 0 atom stereocenters. The van der Waals surface area contributed by atoms with Crippen molar-refractivity contribution in [3.05, 3.63) is 35.9 Å². The van der Waals surface area contributed by atoms with Gasteiger partial charge >= 0.3 is 0 Å². The number of nitrogens with one attached hydrogen (secondary N) is 2. The summed E-state index contributed by atoms with van der Waals surface area (Å²) in [5, 5.41) is 8.37. The second-order valence-corrected chi connectivity index (χ2v) is 2.92. The molecule has 0 radical (unpaired) electrons. The van der Waals surface area contributed by atoms with Gasteiger partial charge in [0.25, 0.3) is 5.91 Å². The Labute approximate surface area is 87.1 Å². The van der Waals surface area contributed by atoms with E-state index in [9.17, 15) is 9.59 Å². The molecule has 0 aromatic heterocycles. The first-order chi connectivity index (χ1) is 7.22. The van der Waals surface area contributed by atoms with Gasteiger partial charge in [-0.1, -0.05) is 30.3 Å². The van der Waals surface area contributed by atoms with Crippen LogP contribution in [0.15, 0.2) is 30.3 Å². The second-order valence-electron chi connectivity index (χ2n) is 2.92. The summed E-state index contributed by atoms with van der Waals surface area (Å²) in [4.78, 5) is 21.8. The Bertz CT molecular complexity index is 338. The normalized spacial score (nSPS) is 9.40. The molecule has 0 saturated carbocycles. The molecule has 0 aliphatic carbocycles. The van der Waals surface area contributed by atoms with Gasteiger partial charge in [-0.05, 0) is 5.56 Å². The summed E-state index contributed by atoms with van der Waals surface area (Å²) in [6.07, 6.45) is 0.187. The molecule has 5 nitrogen and oxygen atoms in total. The Balaban J connectivity index is 2.34. The molecule has 0 bridgehead atoms. The van der Waals surface area contributed by atoms with Gasteiger partial charge in [-0.2, -0.15) is 0 Å². The minimum atomic E-state index is -0.647. The van der Waals surface area contributed by atoms with E-state index in [1.165, 1.54) is 0 Å². The first-order valence-corrected chi connectivity index (χ1v) is 4.45. The number of carbonyl (C=O) groups is 2. The van der Waals surface area contributed by atoms with Crippen LogP contribution in [-0.4, -0.2) is 23.5 Å². The van der Waals surface area contributed by atoms with Gasteiger partial charge < -0.3 is 5.11 Å². The fraction of sp³-hybridized carbons (Fsp3) is 0.200. The van der Waals surface area contributed by atoms with E-state index in [1.54, 1.807) is 0 Å². The van der Waals surface area contributed by atoms with Crippen molar-refractivity contribution in [3.8, 4) is 0 Å². The van der Waals surface area contributed by atoms with E-state index in [2.05, 4.69) is 10.9 Å². The number of hydrogen-bond donors (Lipinski definition) is 3. The standard InChI is InChI=1S/C10H12N2O3/c13-7-10(15)12-11-9(14)6-8-4-2-1-3-5-8/h1-5,13H,6-7H2,(H,11,14)(H,12,15). The largest absolute Gasteiger partial charge is 0.386 e. The SMILES string of the molecule is O=C(CO)NNC(=O)Cc1ccccc1.